The van der Waals surface area contributed by atoms with Gasteiger partial charge in [0.1, 0.15) is 0 Å². The first-order valence-corrected chi connectivity index (χ1v) is 14.6. The molecule has 5 heteroatoms. The molecular formula is C35H37N3O2. The van der Waals surface area contributed by atoms with E-state index in [1.54, 1.807) is 0 Å². The highest BCUT2D eigenvalue weighted by Crippen LogP contribution is 2.46. The van der Waals surface area contributed by atoms with Crippen LogP contribution in [0.2, 0.25) is 0 Å². The summed E-state index contributed by atoms with van der Waals surface area (Å²) in [6.45, 7) is 5.58. The Kier molecular flexibility index (Phi) is 6.90. The molecule has 40 heavy (non-hydrogen) atoms. The fourth-order valence-corrected chi connectivity index (χ4v) is 7.08. The summed E-state index contributed by atoms with van der Waals surface area (Å²) in [5, 5.41) is 24.7. The van der Waals surface area contributed by atoms with Crippen LogP contribution in [0.4, 0.5) is 0 Å². The number of aliphatic hydroxyl groups is 2. The summed E-state index contributed by atoms with van der Waals surface area (Å²) in [7, 11) is 0. The normalized spacial score (nSPS) is 17.8. The summed E-state index contributed by atoms with van der Waals surface area (Å²) < 4.78 is 2.27. The van der Waals surface area contributed by atoms with Gasteiger partial charge < -0.3 is 14.8 Å². The number of hydrogen-bond donors (Lipinski definition) is 2. The van der Waals surface area contributed by atoms with E-state index in [2.05, 4.69) is 111 Å². The highest BCUT2D eigenvalue weighted by Gasteiger charge is 2.30. The highest BCUT2D eigenvalue weighted by atomic mass is 16.3. The van der Waals surface area contributed by atoms with E-state index >= 15 is 0 Å². The van der Waals surface area contributed by atoms with E-state index in [4.69, 9.17) is 0 Å². The van der Waals surface area contributed by atoms with Crippen molar-refractivity contribution in [1.82, 2.24) is 14.4 Å². The zero-order valence-electron chi connectivity index (χ0n) is 22.9. The van der Waals surface area contributed by atoms with Gasteiger partial charge in [-0.1, -0.05) is 84.9 Å². The van der Waals surface area contributed by atoms with Crippen molar-refractivity contribution in [3.63, 3.8) is 0 Å². The summed E-state index contributed by atoms with van der Waals surface area (Å²) in [5.41, 5.74) is 7.64. The molecule has 5 aromatic rings. The van der Waals surface area contributed by atoms with Gasteiger partial charge in [0.2, 0.25) is 0 Å². The van der Waals surface area contributed by atoms with Crippen molar-refractivity contribution in [2.45, 2.75) is 31.1 Å². The third kappa shape index (κ3) is 4.73. The molecule has 2 atom stereocenters. The lowest BCUT2D eigenvalue weighted by molar-refractivity contribution is 0.0422. The van der Waals surface area contributed by atoms with Crippen molar-refractivity contribution in [1.29, 1.82) is 0 Å². The Morgan fingerprint density at radius 1 is 0.550 bits per heavy atom. The molecule has 0 amide bonds. The Balaban J connectivity index is 0.945. The van der Waals surface area contributed by atoms with Crippen LogP contribution in [0, 0.1) is 0 Å². The maximum Gasteiger partial charge on any atom is 0.0845 e. The molecular weight excluding hydrogens is 494 g/mol. The van der Waals surface area contributed by atoms with Gasteiger partial charge >= 0.3 is 0 Å². The molecule has 7 rings (SSSR count). The molecule has 4 aromatic carbocycles. The van der Waals surface area contributed by atoms with E-state index in [1.165, 1.54) is 44.1 Å². The summed E-state index contributed by atoms with van der Waals surface area (Å²) in [6, 6.07) is 34.2. The highest BCUT2D eigenvalue weighted by molar-refractivity contribution is 6.07. The first-order chi connectivity index (χ1) is 19.7. The van der Waals surface area contributed by atoms with Gasteiger partial charge in [-0.3, -0.25) is 9.80 Å². The van der Waals surface area contributed by atoms with Crippen LogP contribution in [-0.4, -0.2) is 76.1 Å². The van der Waals surface area contributed by atoms with E-state index in [0.29, 0.717) is 19.6 Å². The van der Waals surface area contributed by atoms with Crippen LogP contribution in [0.1, 0.15) is 23.5 Å². The topological polar surface area (TPSA) is 51.9 Å². The molecule has 1 saturated heterocycles. The number of nitrogens with zero attached hydrogens (tertiary/aromatic N) is 3. The van der Waals surface area contributed by atoms with E-state index in [1.807, 2.05) is 0 Å². The fraction of sp³-hybridized carbons (Fsp3) is 0.314. The Bertz CT molecular complexity index is 1540. The van der Waals surface area contributed by atoms with Crippen LogP contribution < -0.4 is 0 Å². The van der Waals surface area contributed by atoms with E-state index < -0.39 is 6.10 Å². The number of β-amino-alcohol motifs (C(OH)–C–C–N with tert-alkyl or cyclic N) is 2. The average molecular weight is 532 g/mol. The van der Waals surface area contributed by atoms with Gasteiger partial charge in [0.15, 0.2) is 0 Å². The largest absolute Gasteiger partial charge is 0.392 e. The van der Waals surface area contributed by atoms with Gasteiger partial charge in [0.25, 0.3) is 0 Å². The first-order valence-electron chi connectivity index (χ1n) is 14.6. The van der Waals surface area contributed by atoms with Gasteiger partial charge in [-0.2, -0.15) is 0 Å². The number of aliphatic hydroxyl groups excluding tert-OH is 2. The zero-order valence-corrected chi connectivity index (χ0v) is 22.9. The number of benzene rings is 4. The lowest BCUT2D eigenvalue weighted by Gasteiger charge is -2.36. The standard InChI is InChI=1S/C35H37N3O2/c39-25(21-33-29-11-3-1-9-27(29)28-10-2-4-12-30(28)33)22-36-17-19-37(20-18-36)23-26(40)24-38-34-15-7-5-13-31(34)32-14-6-8-16-35(32)38/h1-16,25-26,33,39-40H,17-24H2/t25-,26+/m1/s1. The summed E-state index contributed by atoms with van der Waals surface area (Å²) in [6.07, 6.45) is -0.0818. The Morgan fingerprint density at radius 3 is 1.55 bits per heavy atom. The lowest BCUT2D eigenvalue weighted by atomic mass is 9.91. The second-order valence-corrected chi connectivity index (χ2v) is 11.5. The number of aromatic nitrogens is 1. The molecule has 204 valence electrons. The third-order valence-electron chi connectivity index (χ3n) is 8.95. The van der Waals surface area contributed by atoms with Gasteiger partial charge in [-0.25, -0.2) is 0 Å². The molecule has 2 aliphatic rings. The molecule has 0 unspecified atom stereocenters. The van der Waals surface area contributed by atoms with Crippen LogP contribution >= 0.6 is 0 Å². The van der Waals surface area contributed by atoms with E-state index in [0.717, 1.165) is 32.6 Å². The lowest BCUT2D eigenvalue weighted by Crippen LogP contribution is -2.50. The van der Waals surface area contributed by atoms with E-state index in [9.17, 15) is 10.2 Å². The molecule has 2 N–H and O–H groups in total. The number of fused-ring (bicyclic) bond motifs is 6. The first kappa shape index (κ1) is 25.5. The van der Waals surface area contributed by atoms with Gasteiger partial charge in [-0.05, 0) is 40.8 Å². The molecule has 0 spiro atoms. The van der Waals surface area contributed by atoms with Crippen molar-refractivity contribution in [3.05, 3.63) is 108 Å². The Hall–Kier alpha value is -3.48. The molecule has 2 heterocycles. The molecule has 1 fully saturated rings. The third-order valence-corrected chi connectivity index (χ3v) is 8.95. The number of rotatable bonds is 8. The number of hydrogen-bond acceptors (Lipinski definition) is 4. The predicted molar refractivity (Wildman–Crippen MR) is 163 cm³/mol. The second-order valence-electron chi connectivity index (χ2n) is 11.5. The summed E-state index contributed by atoms with van der Waals surface area (Å²) in [5.74, 6) is 0.250. The predicted octanol–water partition coefficient (Wildman–Crippen LogP) is 5.34. The summed E-state index contributed by atoms with van der Waals surface area (Å²) >= 11 is 0. The molecule has 1 aliphatic carbocycles. The quantitative estimate of drug-likeness (QED) is 0.284. The minimum Gasteiger partial charge on any atom is -0.392 e. The molecule has 1 aliphatic heterocycles. The monoisotopic (exact) mass is 531 g/mol. The van der Waals surface area contributed by atoms with Crippen molar-refractivity contribution in [3.8, 4) is 11.1 Å². The Morgan fingerprint density at radius 2 is 1.00 bits per heavy atom. The smallest absolute Gasteiger partial charge is 0.0845 e. The molecule has 0 bridgehead atoms. The van der Waals surface area contributed by atoms with Crippen LogP contribution in [0.25, 0.3) is 32.9 Å². The van der Waals surface area contributed by atoms with Crippen molar-refractivity contribution >= 4 is 21.8 Å². The van der Waals surface area contributed by atoms with Gasteiger partial charge in [0.05, 0.1) is 18.8 Å². The summed E-state index contributed by atoms with van der Waals surface area (Å²) in [4.78, 5) is 4.75. The molecule has 0 saturated carbocycles. The van der Waals surface area contributed by atoms with E-state index in [-0.39, 0.29) is 12.0 Å². The molecule has 1 aromatic heterocycles. The van der Waals surface area contributed by atoms with Crippen molar-refractivity contribution < 1.29 is 10.2 Å². The van der Waals surface area contributed by atoms with Gasteiger partial charge in [-0.15, -0.1) is 0 Å². The number of piperazine rings is 1. The van der Waals surface area contributed by atoms with Crippen LogP contribution in [0.3, 0.4) is 0 Å². The SMILES string of the molecule is O[C@H](CC1c2ccccc2-c2ccccc21)CN1CCN(C[C@H](O)Cn2c3ccccc3c3ccccc32)CC1. The maximum atomic E-state index is 11.1. The number of para-hydroxylation sites is 2. The maximum absolute atomic E-state index is 11.1. The van der Waals surface area contributed by atoms with Crippen LogP contribution in [0.15, 0.2) is 97.1 Å². The molecule has 0 radical (unpaired) electrons. The fourth-order valence-electron chi connectivity index (χ4n) is 7.08. The van der Waals surface area contributed by atoms with Crippen LogP contribution in [-0.2, 0) is 6.54 Å². The minimum absolute atomic E-state index is 0.250. The Labute approximate surface area is 235 Å². The van der Waals surface area contributed by atoms with Crippen LogP contribution in [0.5, 0.6) is 0 Å². The average Bonchev–Trinajstić information content (AvgIpc) is 3.47. The van der Waals surface area contributed by atoms with Crippen molar-refractivity contribution in [2.75, 3.05) is 39.3 Å². The minimum atomic E-state index is -0.446. The second kappa shape index (κ2) is 10.8. The van der Waals surface area contributed by atoms with Crippen molar-refractivity contribution in [2.24, 2.45) is 0 Å². The zero-order chi connectivity index (χ0) is 27.1. The molecule has 5 nitrogen and oxygen atoms in total. The van der Waals surface area contributed by atoms with Gasteiger partial charge in [0, 0.05) is 67.0 Å².